The van der Waals surface area contributed by atoms with E-state index in [2.05, 4.69) is 15.6 Å². The molecule has 3 aromatic rings. The standard InChI is InChI=1S/C31H33FN4O7/c1-41-27-4-2-19-3-5-29(38)34-15-21-10-22(32)14-23(11-21)43-26-7-9-36(31(40)24-12-20(17-37)6-8-33-24)16-25(26)35-30(39)18-42-28(27)13-19/h2,4,6,8,10-14,25-26,37H,3,5,7,9,15-18H2,1H3,(H,34,38)(H,35,39)/t25-,26-/m1/s1. The number of fused-ring (bicyclic) bond motifs is 5. The average molecular weight is 593 g/mol. The number of nitrogens with one attached hydrogen (secondary N) is 2. The van der Waals surface area contributed by atoms with Crippen molar-refractivity contribution in [3.05, 3.63) is 82.9 Å². The van der Waals surface area contributed by atoms with Crippen molar-refractivity contribution < 1.29 is 38.1 Å². The lowest BCUT2D eigenvalue weighted by Gasteiger charge is -2.38. The molecular weight excluding hydrogens is 559 g/mol. The van der Waals surface area contributed by atoms with Gasteiger partial charge in [-0.15, -0.1) is 0 Å². The van der Waals surface area contributed by atoms with E-state index in [1.54, 1.807) is 29.2 Å². The Morgan fingerprint density at radius 1 is 1.12 bits per heavy atom. The fourth-order valence-corrected chi connectivity index (χ4v) is 5.14. The van der Waals surface area contributed by atoms with Gasteiger partial charge in [0.25, 0.3) is 11.8 Å². The van der Waals surface area contributed by atoms with Crippen LogP contribution >= 0.6 is 0 Å². The first-order chi connectivity index (χ1) is 20.8. The molecule has 43 heavy (non-hydrogen) atoms. The van der Waals surface area contributed by atoms with Gasteiger partial charge in [-0.2, -0.15) is 0 Å². The lowest BCUT2D eigenvalue weighted by molar-refractivity contribution is -0.125. The van der Waals surface area contributed by atoms with E-state index >= 15 is 0 Å². The molecule has 2 aromatic carbocycles. The van der Waals surface area contributed by atoms with Gasteiger partial charge in [-0.05, 0) is 59.5 Å². The number of piperidine rings is 1. The minimum Gasteiger partial charge on any atom is -0.493 e. The molecule has 0 unspecified atom stereocenters. The van der Waals surface area contributed by atoms with Gasteiger partial charge in [-0.1, -0.05) is 6.07 Å². The number of pyridine rings is 1. The number of carbonyl (C=O) groups excluding carboxylic acids is 3. The summed E-state index contributed by atoms with van der Waals surface area (Å²) >= 11 is 0. The van der Waals surface area contributed by atoms with Crippen LogP contribution in [0.5, 0.6) is 17.2 Å². The number of benzene rings is 2. The third-order valence-corrected chi connectivity index (χ3v) is 7.34. The van der Waals surface area contributed by atoms with Crippen LogP contribution in [0, 0.1) is 5.82 Å². The molecule has 1 fully saturated rings. The summed E-state index contributed by atoms with van der Waals surface area (Å²) in [5.74, 6) is -0.526. The third-order valence-electron chi connectivity index (χ3n) is 7.34. The van der Waals surface area contributed by atoms with Gasteiger partial charge in [0.1, 0.15) is 23.4 Å². The fraction of sp³-hybridized carbons (Fsp3) is 0.355. The number of aromatic nitrogens is 1. The Kier molecular flexibility index (Phi) is 9.35. The van der Waals surface area contributed by atoms with Crippen molar-refractivity contribution in [2.24, 2.45) is 0 Å². The molecule has 1 saturated heterocycles. The Hall–Kier alpha value is -4.71. The van der Waals surface area contributed by atoms with Crippen LogP contribution in [0.3, 0.4) is 0 Å². The topological polar surface area (TPSA) is 139 Å². The van der Waals surface area contributed by atoms with Gasteiger partial charge in [0.15, 0.2) is 18.1 Å². The summed E-state index contributed by atoms with van der Waals surface area (Å²) in [6.07, 6.45) is 1.79. The van der Waals surface area contributed by atoms with Gasteiger partial charge in [-0.25, -0.2) is 4.39 Å². The van der Waals surface area contributed by atoms with Gasteiger partial charge < -0.3 is 34.9 Å². The molecule has 12 heteroatoms. The van der Waals surface area contributed by atoms with E-state index in [0.717, 1.165) is 5.56 Å². The summed E-state index contributed by atoms with van der Waals surface area (Å²) in [6.45, 7) is -0.0834. The summed E-state index contributed by atoms with van der Waals surface area (Å²) in [6, 6.07) is 11.9. The number of amides is 3. The van der Waals surface area contributed by atoms with Gasteiger partial charge in [0.2, 0.25) is 5.91 Å². The van der Waals surface area contributed by atoms with Crippen LogP contribution in [0.4, 0.5) is 4.39 Å². The largest absolute Gasteiger partial charge is 0.493 e. The van der Waals surface area contributed by atoms with E-state index in [9.17, 15) is 23.9 Å². The number of ether oxygens (including phenoxy) is 3. The molecule has 4 bridgehead atoms. The Morgan fingerprint density at radius 2 is 1.98 bits per heavy atom. The highest BCUT2D eigenvalue weighted by molar-refractivity contribution is 5.92. The number of nitrogens with zero attached hydrogens (tertiary/aromatic N) is 2. The molecule has 2 aliphatic rings. The molecule has 226 valence electrons. The van der Waals surface area contributed by atoms with E-state index in [1.807, 2.05) is 6.07 Å². The summed E-state index contributed by atoms with van der Waals surface area (Å²) in [4.78, 5) is 44.7. The molecule has 11 nitrogen and oxygen atoms in total. The molecule has 2 atom stereocenters. The van der Waals surface area contributed by atoms with Crippen molar-refractivity contribution in [3.63, 3.8) is 0 Å². The predicted octanol–water partition coefficient (Wildman–Crippen LogP) is 2.14. The van der Waals surface area contributed by atoms with E-state index in [0.29, 0.717) is 42.0 Å². The lowest BCUT2D eigenvalue weighted by Crippen LogP contribution is -2.58. The first-order valence-electron chi connectivity index (χ1n) is 14.0. The molecule has 0 aliphatic carbocycles. The molecule has 1 aromatic heterocycles. The van der Waals surface area contributed by atoms with E-state index in [4.69, 9.17) is 14.2 Å². The fourth-order valence-electron chi connectivity index (χ4n) is 5.14. The number of carbonyl (C=O) groups is 3. The first-order valence-corrected chi connectivity index (χ1v) is 14.0. The van der Waals surface area contributed by atoms with Gasteiger partial charge >= 0.3 is 0 Å². The van der Waals surface area contributed by atoms with Crippen molar-refractivity contribution in [1.82, 2.24) is 20.5 Å². The SMILES string of the molecule is COc1ccc2cc1OCC(=O)N[C@@H]1CN(C(=O)c3cc(CO)ccn3)CC[C@H]1Oc1cc(F)cc(c1)CNC(=O)CC2. The Labute approximate surface area is 248 Å². The van der Waals surface area contributed by atoms with Crippen molar-refractivity contribution in [2.45, 2.75) is 44.6 Å². The maximum atomic E-state index is 14.6. The summed E-state index contributed by atoms with van der Waals surface area (Å²) in [5, 5.41) is 15.2. The number of likely N-dealkylation sites (tertiary alicyclic amines) is 1. The van der Waals surface area contributed by atoms with Crippen LogP contribution in [0.15, 0.2) is 54.7 Å². The summed E-state index contributed by atoms with van der Waals surface area (Å²) < 4.78 is 31.9. The molecule has 0 spiro atoms. The van der Waals surface area contributed by atoms with E-state index < -0.39 is 23.9 Å². The highest BCUT2D eigenvalue weighted by atomic mass is 19.1. The molecular formula is C31H33FN4O7. The molecule has 0 radical (unpaired) electrons. The van der Waals surface area contributed by atoms with Crippen LogP contribution in [0.1, 0.15) is 40.0 Å². The Balaban J connectivity index is 1.41. The number of aliphatic hydroxyl groups is 1. The summed E-state index contributed by atoms with van der Waals surface area (Å²) in [7, 11) is 1.49. The second kappa shape index (κ2) is 13.5. The number of aryl methyl sites for hydroxylation is 1. The second-order valence-corrected chi connectivity index (χ2v) is 10.4. The number of halogens is 1. The van der Waals surface area contributed by atoms with Gasteiger partial charge in [0, 0.05) is 44.7 Å². The van der Waals surface area contributed by atoms with Crippen LogP contribution in [-0.4, -0.2) is 71.7 Å². The molecule has 3 heterocycles. The number of aliphatic hydroxyl groups excluding tert-OH is 1. The van der Waals surface area contributed by atoms with Crippen molar-refractivity contribution in [1.29, 1.82) is 0 Å². The van der Waals surface area contributed by atoms with Crippen molar-refractivity contribution >= 4 is 17.7 Å². The maximum absolute atomic E-state index is 14.6. The average Bonchev–Trinajstić information content (AvgIpc) is 3.01. The third kappa shape index (κ3) is 7.58. The molecule has 0 saturated carbocycles. The van der Waals surface area contributed by atoms with E-state index in [1.165, 1.54) is 31.5 Å². The number of hydrogen-bond acceptors (Lipinski definition) is 8. The van der Waals surface area contributed by atoms with Gasteiger partial charge in [-0.3, -0.25) is 19.4 Å². The quantitative estimate of drug-likeness (QED) is 0.421. The van der Waals surface area contributed by atoms with Crippen LogP contribution < -0.4 is 24.8 Å². The smallest absolute Gasteiger partial charge is 0.272 e. The number of methoxy groups -OCH3 is 1. The molecule has 3 N–H and O–H groups in total. The minimum absolute atomic E-state index is 0.0946. The van der Waals surface area contributed by atoms with Crippen molar-refractivity contribution in [2.75, 3.05) is 26.8 Å². The highest BCUT2D eigenvalue weighted by Gasteiger charge is 2.35. The molecule has 5 rings (SSSR count). The monoisotopic (exact) mass is 592 g/mol. The highest BCUT2D eigenvalue weighted by Crippen LogP contribution is 2.29. The summed E-state index contributed by atoms with van der Waals surface area (Å²) in [5.41, 5.74) is 2.06. The zero-order valence-corrected chi connectivity index (χ0v) is 23.7. The van der Waals surface area contributed by atoms with Crippen molar-refractivity contribution in [3.8, 4) is 17.2 Å². The van der Waals surface area contributed by atoms with Crippen LogP contribution in [-0.2, 0) is 29.2 Å². The van der Waals surface area contributed by atoms with Crippen LogP contribution in [0.2, 0.25) is 0 Å². The zero-order valence-electron chi connectivity index (χ0n) is 23.7. The van der Waals surface area contributed by atoms with Crippen LogP contribution in [0.25, 0.3) is 0 Å². The number of hydrogen-bond donors (Lipinski definition) is 3. The normalized spacial score (nSPS) is 19.4. The molecule has 3 amide bonds. The maximum Gasteiger partial charge on any atom is 0.272 e. The van der Waals surface area contributed by atoms with E-state index in [-0.39, 0.29) is 56.0 Å². The predicted molar refractivity (Wildman–Crippen MR) is 152 cm³/mol. The second-order valence-electron chi connectivity index (χ2n) is 10.4. The van der Waals surface area contributed by atoms with Gasteiger partial charge in [0.05, 0.1) is 19.8 Å². The Morgan fingerprint density at radius 3 is 2.79 bits per heavy atom. The number of rotatable bonds is 3. The zero-order chi connectivity index (χ0) is 30.3. The lowest BCUT2D eigenvalue weighted by atomic mass is 10.0. The first kappa shape index (κ1) is 29.8. The minimum atomic E-state index is -0.673. The Bertz CT molecular complexity index is 1500. The molecule has 2 aliphatic heterocycles.